The number of nitrogens with one attached hydrogen (secondary N) is 1. The third-order valence-electron chi connectivity index (χ3n) is 3.74. The molecule has 0 atom stereocenters. The first-order valence-electron chi connectivity index (χ1n) is 6.88. The first kappa shape index (κ1) is 13.0. The van der Waals surface area contributed by atoms with E-state index < -0.39 is 0 Å². The van der Waals surface area contributed by atoms with E-state index in [0.29, 0.717) is 6.04 Å². The maximum absolute atomic E-state index is 6.06. The summed E-state index contributed by atoms with van der Waals surface area (Å²) in [5, 5.41) is 5.65. The average molecular weight is 279 g/mol. The Labute approximate surface area is 118 Å². The third-order valence-corrected chi connectivity index (χ3v) is 3.98. The zero-order valence-corrected chi connectivity index (χ0v) is 11.7. The summed E-state index contributed by atoms with van der Waals surface area (Å²) in [6, 6.07) is 8.79. The van der Waals surface area contributed by atoms with E-state index in [9.17, 15) is 0 Å². The van der Waals surface area contributed by atoms with Gasteiger partial charge in [-0.15, -0.1) is 0 Å². The lowest BCUT2D eigenvalue weighted by atomic mass is 10.1. The SMILES string of the molecule is Clc1ccc2ccn(CCNC3CCOCC3)c2c1. The summed E-state index contributed by atoms with van der Waals surface area (Å²) in [5.41, 5.74) is 1.21. The Bertz CT molecular complexity index is 546. The van der Waals surface area contributed by atoms with Gasteiger partial charge in [0.1, 0.15) is 0 Å². The molecule has 1 N–H and O–H groups in total. The maximum Gasteiger partial charge on any atom is 0.0495 e. The van der Waals surface area contributed by atoms with Crippen molar-refractivity contribution >= 4 is 22.5 Å². The first-order chi connectivity index (χ1) is 9.33. The minimum Gasteiger partial charge on any atom is -0.381 e. The van der Waals surface area contributed by atoms with E-state index in [1.54, 1.807) is 0 Å². The van der Waals surface area contributed by atoms with Gasteiger partial charge < -0.3 is 14.6 Å². The van der Waals surface area contributed by atoms with Gasteiger partial charge in [0.15, 0.2) is 0 Å². The average Bonchev–Trinajstić information content (AvgIpc) is 2.83. The second-order valence-corrected chi connectivity index (χ2v) is 5.49. The summed E-state index contributed by atoms with van der Waals surface area (Å²) in [6.07, 6.45) is 4.38. The molecule has 0 radical (unpaired) electrons. The van der Waals surface area contributed by atoms with E-state index >= 15 is 0 Å². The molecule has 1 fully saturated rings. The monoisotopic (exact) mass is 278 g/mol. The van der Waals surface area contributed by atoms with Crippen molar-refractivity contribution in [3.05, 3.63) is 35.5 Å². The van der Waals surface area contributed by atoms with Gasteiger partial charge in [0.2, 0.25) is 0 Å². The molecule has 1 aliphatic rings. The molecule has 0 saturated carbocycles. The Kier molecular flexibility index (Phi) is 4.06. The van der Waals surface area contributed by atoms with E-state index in [-0.39, 0.29) is 0 Å². The van der Waals surface area contributed by atoms with E-state index in [1.807, 2.05) is 12.1 Å². The second-order valence-electron chi connectivity index (χ2n) is 5.05. The molecule has 2 heterocycles. The Morgan fingerprint density at radius 2 is 2.11 bits per heavy atom. The first-order valence-corrected chi connectivity index (χ1v) is 7.26. The van der Waals surface area contributed by atoms with E-state index in [4.69, 9.17) is 16.3 Å². The topological polar surface area (TPSA) is 26.2 Å². The molecule has 0 unspecified atom stereocenters. The van der Waals surface area contributed by atoms with E-state index in [2.05, 4.69) is 28.2 Å². The van der Waals surface area contributed by atoms with Crippen molar-refractivity contribution in [1.29, 1.82) is 0 Å². The van der Waals surface area contributed by atoms with Crippen LogP contribution in [0.1, 0.15) is 12.8 Å². The third kappa shape index (κ3) is 3.11. The van der Waals surface area contributed by atoms with Crippen molar-refractivity contribution in [3.8, 4) is 0 Å². The van der Waals surface area contributed by atoms with Crippen molar-refractivity contribution in [2.24, 2.45) is 0 Å². The van der Waals surface area contributed by atoms with Gasteiger partial charge in [-0.2, -0.15) is 0 Å². The van der Waals surface area contributed by atoms with E-state index in [0.717, 1.165) is 44.2 Å². The van der Waals surface area contributed by atoms with Crippen LogP contribution in [0.3, 0.4) is 0 Å². The molecule has 1 aliphatic heterocycles. The van der Waals surface area contributed by atoms with Crippen LogP contribution in [-0.2, 0) is 11.3 Å². The Balaban J connectivity index is 1.60. The van der Waals surface area contributed by atoms with E-state index in [1.165, 1.54) is 10.9 Å². The van der Waals surface area contributed by atoms with Crippen molar-refractivity contribution in [2.45, 2.75) is 25.4 Å². The molecular formula is C15H19ClN2O. The molecule has 102 valence electrons. The summed E-state index contributed by atoms with van der Waals surface area (Å²) in [6.45, 7) is 3.74. The number of hydrogen-bond donors (Lipinski definition) is 1. The zero-order chi connectivity index (χ0) is 13.1. The normalized spacial score (nSPS) is 17.1. The molecule has 1 saturated heterocycles. The molecule has 1 aromatic heterocycles. The van der Waals surface area contributed by atoms with Crippen LogP contribution in [0.2, 0.25) is 5.02 Å². The molecule has 3 nitrogen and oxygen atoms in total. The van der Waals surface area contributed by atoms with Gasteiger partial charge in [0.25, 0.3) is 0 Å². The van der Waals surface area contributed by atoms with Crippen LogP contribution in [0.25, 0.3) is 10.9 Å². The molecule has 0 amide bonds. The van der Waals surface area contributed by atoms with Crippen molar-refractivity contribution in [3.63, 3.8) is 0 Å². The molecule has 0 bridgehead atoms. The fourth-order valence-electron chi connectivity index (χ4n) is 2.64. The lowest BCUT2D eigenvalue weighted by Crippen LogP contribution is -2.36. The number of fused-ring (bicyclic) bond motifs is 1. The van der Waals surface area contributed by atoms with Gasteiger partial charge in [0, 0.05) is 49.1 Å². The van der Waals surface area contributed by atoms with Crippen molar-refractivity contribution in [1.82, 2.24) is 9.88 Å². The highest BCUT2D eigenvalue weighted by Gasteiger charge is 2.12. The Morgan fingerprint density at radius 3 is 2.95 bits per heavy atom. The highest BCUT2D eigenvalue weighted by molar-refractivity contribution is 6.31. The minimum absolute atomic E-state index is 0.610. The highest BCUT2D eigenvalue weighted by Crippen LogP contribution is 2.20. The predicted molar refractivity (Wildman–Crippen MR) is 78.8 cm³/mol. The molecule has 2 aromatic rings. The number of nitrogens with zero attached hydrogens (tertiary/aromatic N) is 1. The fourth-order valence-corrected chi connectivity index (χ4v) is 2.81. The summed E-state index contributed by atoms with van der Waals surface area (Å²) >= 11 is 6.06. The molecule has 0 aliphatic carbocycles. The Hall–Kier alpha value is -1.03. The minimum atomic E-state index is 0.610. The quantitative estimate of drug-likeness (QED) is 0.930. The standard InChI is InChI=1S/C15H19ClN2O/c16-13-2-1-12-3-7-18(15(12)11-13)8-6-17-14-4-9-19-10-5-14/h1-3,7,11,14,17H,4-6,8-10H2. The fraction of sp³-hybridized carbons (Fsp3) is 0.467. The number of rotatable bonds is 4. The smallest absolute Gasteiger partial charge is 0.0495 e. The molecular weight excluding hydrogens is 260 g/mol. The molecule has 1 aromatic carbocycles. The number of hydrogen-bond acceptors (Lipinski definition) is 2. The van der Waals surface area contributed by atoms with Crippen molar-refractivity contribution in [2.75, 3.05) is 19.8 Å². The predicted octanol–water partition coefficient (Wildman–Crippen LogP) is 3.06. The molecule has 3 rings (SSSR count). The van der Waals surface area contributed by atoms with Gasteiger partial charge in [-0.05, 0) is 36.4 Å². The van der Waals surface area contributed by atoms with Crippen LogP contribution >= 0.6 is 11.6 Å². The summed E-state index contributed by atoms with van der Waals surface area (Å²) in [7, 11) is 0. The van der Waals surface area contributed by atoms with Gasteiger partial charge in [-0.3, -0.25) is 0 Å². The van der Waals surface area contributed by atoms with Crippen LogP contribution in [0, 0.1) is 0 Å². The van der Waals surface area contributed by atoms with Gasteiger partial charge in [-0.1, -0.05) is 17.7 Å². The van der Waals surface area contributed by atoms with Gasteiger partial charge in [0.05, 0.1) is 0 Å². The molecule has 4 heteroatoms. The molecule has 0 spiro atoms. The van der Waals surface area contributed by atoms with Crippen LogP contribution in [-0.4, -0.2) is 30.4 Å². The lowest BCUT2D eigenvalue weighted by Gasteiger charge is -2.23. The van der Waals surface area contributed by atoms with Gasteiger partial charge in [-0.25, -0.2) is 0 Å². The second kappa shape index (κ2) is 5.95. The number of aromatic nitrogens is 1. The van der Waals surface area contributed by atoms with Gasteiger partial charge >= 0.3 is 0 Å². The van der Waals surface area contributed by atoms with Crippen LogP contribution in [0.15, 0.2) is 30.5 Å². The largest absolute Gasteiger partial charge is 0.381 e. The zero-order valence-electron chi connectivity index (χ0n) is 10.9. The summed E-state index contributed by atoms with van der Waals surface area (Å²) < 4.78 is 7.62. The maximum atomic E-state index is 6.06. The summed E-state index contributed by atoms with van der Waals surface area (Å²) in [5.74, 6) is 0. The van der Waals surface area contributed by atoms with Crippen molar-refractivity contribution < 1.29 is 4.74 Å². The van der Waals surface area contributed by atoms with Crippen LogP contribution < -0.4 is 5.32 Å². The van der Waals surface area contributed by atoms with Crippen LogP contribution in [0.5, 0.6) is 0 Å². The highest BCUT2D eigenvalue weighted by atomic mass is 35.5. The molecule has 19 heavy (non-hydrogen) atoms. The number of ether oxygens (including phenoxy) is 1. The number of halogens is 1. The Morgan fingerprint density at radius 1 is 1.26 bits per heavy atom. The lowest BCUT2D eigenvalue weighted by molar-refractivity contribution is 0.0779. The number of benzene rings is 1. The van der Waals surface area contributed by atoms with Crippen LogP contribution in [0.4, 0.5) is 0 Å². The summed E-state index contributed by atoms with van der Waals surface area (Å²) in [4.78, 5) is 0.